The normalized spacial score (nSPS) is 10.7. The molecule has 0 aliphatic heterocycles. The summed E-state index contributed by atoms with van der Waals surface area (Å²) >= 11 is 0. The highest BCUT2D eigenvalue weighted by atomic mass is 19.1. The third-order valence-corrected chi connectivity index (χ3v) is 2.86. The first kappa shape index (κ1) is 12.3. The molecule has 3 aromatic rings. The standard InChI is InChI=1S/C15H11FN2O2/c16-12-5-1-10(2-6-12)9-14-17-15(20-18-14)11-3-7-13(19)8-4-11/h1-8,19H,9H2. The molecule has 0 aliphatic carbocycles. The molecule has 3 rings (SSSR count). The molecule has 0 saturated heterocycles. The topological polar surface area (TPSA) is 59.2 Å². The average molecular weight is 270 g/mol. The van der Waals surface area contributed by atoms with E-state index in [1.807, 2.05) is 0 Å². The first-order valence-corrected chi connectivity index (χ1v) is 6.07. The molecule has 0 atom stereocenters. The van der Waals surface area contributed by atoms with Crippen LogP contribution < -0.4 is 0 Å². The number of aromatic nitrogens is 2. The van der Waals surface area contributed by atoms with Gasteiger partial charge in [-0.25, -0.2) is 4.39 Å². The van der Waals surface area contributed by atoms with Crippen molar-refractivity contribution < 1.29 is 14.0 Å². The molecular formula is C15H11FN2O2. The van der Waals surface area contributed by atoms with Crippen molar-refractivity contribution in [1.29, 1.82) is 0 Å². The number of phenolic OH excluding ortho intramolecular Hbond substituents is 1. The number of aromatic hydroxyl groups is 1. The van der Waals surface area contributed by atoms with Crippen molar-refractivity contribution in [2.24, 2.45) is 0 Å². The second kappa shape index (κ2) is 5.13. The highest BCUT2D eigenvalue weighted by Gasteiger charge is 2.09. The fraction of sp³-hybridized carbons (Fsp3) is 0.0667. The van der Waals surface area contributed by atoms with Gasteiger partial charge < -0.3 is 9.63 Å². The van der Waals surface area contributed by atoms with Gasteiger partial charge in [0.25, 0.3) is 5.89 Å². The summed E-state index contributed by atoms with van der Waals surface area (Å²) in [6.07, 6.45) is 0.474. The summed E-state index contributed by atoms with van der Waals surface area (Å²) in [5, 5.41) is 13.1. The molecule has 0 radical (unpaired) electrons. The third-order valence-electron chi connectivity index (χ3n) is 2.86. The Labute approximate surface area is 114 Å². The molecule has 0 saturated carbocycles. The van der Waals surface area contributed by atoms with Crippen molar-refractivity contribution in [1.82, 2.24) is 10.1 Å². The van der Waals surface area contributed by atoms with Gasteiger partial charge in [0.15, 0.2) is 5.82 Å². The summed E-state index contributed by atoms with van der Waals surface area (Å²) in [5.41, 5.74) is 1.64. The monoisotopic (exact) mass is 270 g/mol. The van der Waals surface area contributed by atoms with Crippen molar-refractivity contribution >= 4 is 0 Å². The Hall–Kier alpha value is -2.69. The van der Waals surface area contributed by atoms with Gasteiger partial charge in [-0.1, -0.05) is 17.3 Å². The lowest BCUT2D eigenvalue weighted by Gasteiger charge is -1.96. The number of phenols is 1. The summed E-state index contributed by atoms with van der Waals surface area (Å²) in [6, 6.07) is 12.7. The third kappa shape index (κ3) is 2.66. The minimum Gasteiger partial charge on any atom is -0.508 e. The zero-order valence-corrected chi connectivity index (χ0v) is 10.5. The minimum absolute atomic E-state index is 0.180. The second-order valence-electron chi connectivity index (χ2n) is 4.37. The Kier molecular flexibility index (Phi) is 3.16. The van der Waals surface area contributed by atoms with Gasteiger partial charge in [-0.2, -0.15) is 4.98 Å². The van der Waals surface area contributed by atoms with Crippen LogP contribution in [0, 0.1) is 5.82 Å². The molecule has 100 valence electrons. The number of benzene rings is 2. The molecule has 0 bridgehead atoms. The zero-order valence-electron chi connectivity index (χ0n) is 10.5. The predicted molar refractivity (Wildman–Crippen MR) is 70.6 cm³/mol. The fourth-order valence-electron chi connectivity index (χ4n) is 1.83. The lowest BCUT2D eigenvalue weighted by molar-refractivity contribution is 0.423. The van der Waals surface area contributed by atoms with Crippen LogP contribution in [-0.2, 0) is 6.42 Å². The van der Waals surface area contributed by atoms with Crippen LogP contribution in [0.25, 0.3) is 11.5 Å². The molecule has 5 heteroatoms. The first-order chi connectivity index (χ1) is 9.70. The summed E-state index contributed by atoms with van der Waals surface area (Å²) in [5.74, 6) is 0.827. The van der Waals surface area contributed by atoms with Gasteiger partial charge in [0, 0.05) is 12.0 Å². The minimum atomic E-state index is -0.272. The number of halogens is 1. The van der Waals surface area contributed by atoms with Crippen LogP contribution in [-0.4, -0.2) is 15.2 Å². The van der Waals surface area contributed by atoms with Crippen LogP contribution in [0.2, 0.25) is 0 Å². The Morgan fingerprint density at radius 2 is 1.70 bits per heavy atom. The molecule has 4 nitrogen and oxygen atoms in total. The highest BCUT2D eigenvalue weighted by Crippen LogP contribution is 2.20. The summed E-state index contributed by atoms with van der Waals surface area (Å²) in [4.78, 5) is 4.27. The van der Waals surface area contributed by atoms with Crippen molar-refractivity contribution in [3.05, 3.63) is 65.7 Å². The Morgan fingerprint density at radius 1 is 1.00 bits per heavy atom. The average Bonchev–Trinajstić information content (AvgIpc) is 2.91. The van der Waals surface area contributed by atoms with E-state index in [0.29, 0.717) is 18.1 Å². The van der Waals surface area contributed by atoms with Crippen LogP contribution in [0.5, 0.6) is 5.75 Å². The van der Waals surface area contributed by atoms with Crippen LogP contribution in [0.1, 0.15) is 11.4 Å². The van der Waals surface area contributed by atoms with E-state index in [4.69, 9.17) is 4.52 Å². The molecule has 0 amide bonds. The molecular weight excluding hydrogens is 259 g/mol. The van der Waals surface area contributed by atoms with Gasteiger partial charge in [-0.15, -0.1) is 0 Å². The van der Waals surface area contributed by atoms with Crippen molar-refractivity contribution in [3.63, 3.8) is 0 Å². The largest absolute Gasteiger partial charge is 0.508 e. The smallest absolute Gasteiger partial charge is 0.257 e. The van der Waals surface area contributed by atoms with Crippen LogP contribution >= 0.6 is 0 Å². The lowest BCUT2D eigenvalue weighted by Crippen LogP contribution is -1.91. The molecule has 0 fully saturated rings. The second-order valence-corrected chi connectivity index (χ2v) is 4.37. The van der Waals surface area contributed by atoms with Gasteiger partial charge in [-0.05, 0) is 42.0 Å². The van der Waals surface area contributed by atoms with Gasteiger partial charge >= 0.3 is 0 Å². The van der Waals surface area contributed by atoms with E-state index < -0.39 is 0 Å². The molecule has 0 aliphatic rings. The number of hydrogen-bond acceptors (Lipinski definition) is 4. The highest BCUT2D eigenvalue weighted by molar-refractivity contribution is 5.54. The number of nitrogens with zero attached hydrogens (tertiary/aromatic N) is 2. The first-order valence-electron chi connectivity index (χ1n) is 6.07. The Bertz CT molecular complexity index is 705. The maximum absolute atomic E-state index is 12.8. The van der Waals surface area contributed by atoms with Gasteiger partial charge in [0.2, 0.25) is 0 Å². The maximum Gasteiger partial charge on any atom is 0.257 e. The van der Waals surface area contributed by atoms with E-state index in [0.717, 1.165) is 11.1 Å². The van der Waals surface area contributed by atoms with Gasteiger partial charge in [-0.3, -0.25) is 0 Å². The molecule has 1 N–H and O–H groups in total. The number of hydrogen-bond donors (Lipinski definition) is 1. The van der Waals surface area contributed by atoms with Crippen LogP contribution in [0.15, 0.2) is 53.1 Å². The van der Waals surface area contributed by atoms with E-state index in [9.17, 15) is 9.50 Å². The van der Waals surface area contributed by atoms with E-state index in [2.05, 4.69) is 10.1 Å². The molecule has 20 heavy (non-hydrogen) atoms. The molecule has 1 heterocycles. The van der Waals surface area contributed by atoms with E-state index in [-0.39, 0.29) is 11.6 Å². The summed E-state index contributed by atoms with van der Waals surface area (Å²) < 4.78 is 18.0. The fourth-order valence-corrected chi connectivity index (χ4v) is 1.83. The molecule has 1 aromatic heterocycles. The van der Waals surface area contributed by atoms with E-state index in [1.165, 1.54) is 12.1 Å². The van der Waals surface area contributed by atoms with Gasteiger partial charge in [0.1, 0.15) is 11.6 Å². The summed E-state index contributed by atoms with van der Waals surface area (Å²) in [6.45, 7) is 0. The van der Waals surface area contributed by atoms with Crippen LogP contribution in [0.4, 0.5) is 4.39 Å². The summed E-state index contributed by atoms with van der Waals surface area (Å²) in [7, 11) is 0. The van der Waals surface area contributed by atoms with Crippen molar-refractivity contribution in [2.45, 2.75) is 6.42 Å². The molecule has 0 unspecified atom stereocenters. The predicted octanol–water partition coefficient (Wildman–Crippen LogP) is 3.17. The van der Waals surface area contributed by atoms with E-state index >= 15 is 0 Å². The number of rotatable bonds is 3. The van der Waals surface area contributed by atoms with E-state index in [1.54, 1.807) is 36.4 Å². The molecule has 0 spiro atoms. The van der Waals surface area contributed by atoms with Crippen LogP contribution in [0.3, 0.4) is 0 Å². The maximum atomic E-state index is 12.8. The van der Waals surface area contributed by atoms with Crippen molar-refractivity contribution in [2.75, 3.05) is 0 Å². The Morgan fingerprint density at radius 3 is 2.40 bits per heavy atom. The van der Waals surface area contributed by atoms with Crippen molar-refractivity contribution in [3.8, 4) is 17.2 Å². The SMILES string of the molecule is Oc1ccc(-c2nc(Cc3ccc(F)cc3)no2)cc1. The quantitative estimate of drug-likeness (QED) is 0.794. The lowest BCUT2D eigenvalue weighted by atomic mass is 10.1. The zero-order chi connectivity index (χ0) is 13.9. The Balaban J connectivity index is 1.80. The van der Waals surface area contributed by atoms with Gasteiger partial charge in [0.05, 0.1) is 0 Å². The molecule has 2 aromatic carbocycles.